The number of amides is 1. The molecule has 0 aromatic rings. The van der Waals surface area contributed by atoms with Crippen LogP contribution in [0.3, 0.4) is 0 Å². The first-order valence-electron chi connectivity index (χ1n) is 4.90. The van der Waals surface area contributed by atoms with Gasteiger partial charge in [0, 0.05) is 12.5 Å². The van der Waals surface area contributed by atoms with Crippen molar-refractivity contribution in [2.75, 3.05) is 0 Å². The van der Waals surface area contributed by atoms with Gasteiger partial charge in [0.1, 0.15) is 0 Å². The fraction of sp³-hybridized carbons (Fsp3) is 0.800. The second kappa shape index (κ2) is 7.60. The van der Waals surface area contributed by atoms with Gasteiger partial charge in [0.25, 0.3) is 0 Å². The lowest BCUT2D eigenvalue weighted by atomic mass is 10.1. The van der Waals surface area contributed by atoms with Crippen molar-refractivity contribution in [1.29, 1.82) is 5.26 Å². The highest BCUT2D eigenvalue weighted by atomic mass is 16.1. The number of nitriles is 1. The van der Waals surface area contributed by atoms with Crippen molar-refractivity contribution in [3.05, 3.63) is 0 Å². The molecular formula is C10H18N2O. The molecule has 3 heteroatoms. The lowest BCUT2D eigenvalue weighted by Crippen LogP contribution is -2.33. The van der Waals surface area contributed by atoms with Crippen molar-refractivity contribution in [3.8, 4) is 6.07 Å². The predicted molar refractivity (Wildman–Crippen MR) is 52.0 cm³/mol. The van der Waals surface area contributed by atoms with Crippen LogP contribution in [0.5, 0.6) is 0 Å². The van der Waals surface area contributed by atoms with Gasteiger partial charge in [-0.25, -0.2) is 0 Å². The maximum absolute atomic E-state index is 11.2. The molecule has 0 aromatic heterocycles. The van der Waals surface area contributed by atoms with Gasteiger partial charge in [-0.1, -0.05) is 20.3 Å². The first-order chi connectivity index (χ1) is 6.24. The average Bonchev–Trinajstić information content (AvgIpc) is 2.14. The molecule has 0 heterocycles. The number of hydrogen-bond donors (Lipinski definition) is 1. The standard InChI is InChI=1S/C10H18N2O/c1-3-5-6-10(13)12-9(4-2)7-8-11/h9H,3-7H2,1-2H3,(H,12,13). The number of carbonyl (C=O) groups is 1. The molecule has 0 bridgehead atoms. The van der Waals surface area contributed by atoms with Crippen LogP contribution < -0.4 is 5.32 Å². The summed E-state index contributed by atoms with van der Waals surface area (Å²) in [6.45, 7) is 4.03. The fourth-order valence-corrected chi connectivity index (χ4v) is 1.04. The van der Waals surface area contributed by atoms with Gasteiger partial charge in [-0.15, -0.1) is 0 Å². The molecule has 0 aliphatic rings. The lowest BCUT2D eigenvalue weighted by molar-refractivity contribution is -0.121. The monoisotopic (exact) mass is 182 g/mol. The van der Waals surface area contributed by atoms with Crippen LogP contribution in [0.25, 0.3) is 0 Å². The summed E-state index contributed by atoms with van der Waals surface area (Å²) in [4.78, 5) is 11.2. The minimum absolute atomic E-state index is 0.0364. The van der Waals surface area contributed by atoms with Gasteiger partial charge < -0.3 is 5.32 Å². The van der Waals surface area contributed by atoms with Crippen LogP contribution in [0.2, 0.25) is 0 Å². The minimum atomic E-state index is 0.0364. The van der Waals surface area contributed by atoms with Crippen LogP contribution in [-0.2, 0) is 4.79 Å². The summed E-state index contributed by atoms with van der Waals surface area (Å²) in [5.74, 6) is 0.0731. The molecular weight excluding hydrogens is 164 g/mol. The molecule has 0 fully saturated rings. The Morgan fingerprint density at radius 2 is 2.23 bits per heavy atom. The van der Waals surface area contributed by atoms with Crippen molar-refractivity contribution >= 4 is 5.91 Å². The second-order valence-corrected chi connectivity index (χ2v) is 3.14. The van der Waals surface area contributed by atoms with Crippen LogP contribution in [0.15, 0.2) is 0 Å². The van der Waals surface area contributed by atoms with Crippen molar-refractivity contribution in [3.63, 3.8) is 0 Å². The van der Waals surface area contributed by atoms with Gasteiger partial charge in [-0.2, -0.15) is 5.26 Å². The van der Waals surface area contributed by atoms with Crippen LogP contribution in [-0.4, -0.2) is 11.9 Å². The summed E-state index contributed by atoms with van der Waals surface area (Å²) in [6, 6.07) is 2.10. The van der Waals surface area contributed by atoms with Gasteiger partial charge in [0.2, 0.25) is 5.91 Å². The summed E-state index contributed by atoms with van der Waals surface area (Å²) in [5.41, 5.74) is 0. The first kappa shape index (κ1) is 12.0. The number of hydrogen-bond acceptors (Lipinski definition) is 2. The van der Waals surface area contributed by atoms with E-state index in [0.29, 0.717) is 12.8 Å². The third-order valence-corrected chi connectivity index (χ3v) is 1.95. The summed E-state index contributed by atoms with van der Waals surface area (Å²) in [6.07, 6.45) is 3.77. The molecule has 3 nitrogen and oxygen atoms in total. The largest absolute Gasteiger partial charge is 0.352 e. The van der Waals surface area contributed by atoms with Crippen molar-refractivity contribution < 1.29 is 4.79 Å². The Morgan fingerprint density at radius 3 is 2.69 bits per heavy atom. The first-order valence-corrected chi connectivity index (χ1v) is 4.90. The topological polar surface area (TPSA) is 52.9 Å². The van der Waals surface area contributed by atoms with Crippen LogP contribution >= 0.6 is 0 Å². The third kappa shape index (κ3) is 6.15. The Morgan fingerprint density at radius 1 is 1.54 bits per heavy atom. The smallest absolute Gasteiger partial charge is 0.220 e. The van der Waals surface area contributed by atoms with Crippen LogP contribution in [0, 0.1) is 11.3 Å². The van der Waals surface area contributed by atoms with Gasteiger partial charge in [0.15, 0.2) is 0 Å². The van der Waals surface area contributed by atoms with Gasteiger partial charge in [0.05, 0.1) is 12.5 Å². The quantitative estimate of drug-likeness (QED) is 0.683. The number of unbranched alkanes of at least 4 members (excludes halogenated alkanes) is 1. The van der Waals surface area contributed by atoms with E-state index in [9.17, 15) is 4.79 Å². The van der Waals surface area contributed by atoms with E-state index in [-0.39, 0.29) is 11.9 Å². The Labute approximate surface area is 80.1 Å². The molecule has 74 valence electrons. The number of nitrogens with zero attached hydrogens (tertiary/aromatic N) is 1. The summed E-state index contributed by atoms with van der Waals surface area (Å²) < 4.78 is 0. The molecule has 1 amide bonds. The molecule has 0 saturated carbocycles. The molecule has 0 aliphatic heterocycles. The Balaban J connectivity index is 3.67. The Kier molecular flexibility index (Phi) is 6.99. The molecule has 0 rings (SSSR count). The van der Waals surface area contributed by atoms with E-state index in [1.54, 1.807) is 0 Å². The van der Waals surface area contributed by atoms with E-state index in [1.165, 1.54) is 0 Å². The Hall–Kier alpha value is -1.04. The van der Waals surface area contributed by atoms with Gasteiger partial charge in [-0.3, -0.25) is 4.79 Å². The van der Waals surface area contributed by atoms with E-state index in [2.05, 4.69) is 18.3 Å². The van der Waals surface area contributed by atoms with E-state index >= 15 is 0 Å². The number of rotatable bonds is 6. The maximum Gasteiger partial charge on any atom is 0.220 e. The van der Waals surface area contributed by atoms with Crippen molar-refractivity contribution in [1.82, 2.24) is 5.32 Å². The lowest BCUT2D eigenvalue weighted by Gasteiger charge is -2.12. The number of nitrogens with one attached hydrogen (secondary N) is 1. The molecule has 13 heavy (non-hydrogen) atoms. The fourth-order valence-electron chi connectivity index (χ4n) is 1.04. The maximum atomic E-state index is 11.2. The van der Waals surface area contributed by atoms with E-state index < -0.39 is 0 Å². The van der Waals surface area contributed by atoms with E-state index in [0.717, 1.165) is 19.3 Å². The molecule has 1 atom stereocenters. The normalized spacial score (nSPS) is 11.8. The molecule has 0 aliphatic carbocycles. The van der Waals surface area contributed by atoms with Crippen molar-refractivity contribution in [2.24, 2.45) is 0 Å². The van der Waals surface area contributed by atoms with E-state index in [4.69, 9.17) is 5.26 Å². The zero-order valence-electron chi connectivity index (χ0n) is 8.47. The van der Waals surface area contributed by atoms with E-state index in [1.807, 2.05) is 6.92 Å². The molecule has 1 N–H and O–H groups in total. The Bertz CT molecular complexity index is 184. The molecule has 1 unspecified atom stereocenters. The third-order valence-electron chi connectivity index (χ3n) is 1.95. The zero-order chi connectivity index (χ0) is 10.1. The average molecular weight is 182 g/mol. The van der Waals surface area contributed by atoms with Gasteiger partial charge in [-0.05, 0) is 12.8 Å². The minimum Gasteiger partial charge on any atom is -0.352 e. The summed E-state index contributed by atoms with van der Waals surface area (Å²) in [5, 5.41) is 11.3. The highest BCUT2D eigenvalue weighted by Crippen LogP contribution is 1.99. The molecule has 0 spiro atoms. The summed E-state index contributed by atoms with van der Waals surface area (Å²) in [7, 11) is 0. The number of carbonyl (C=O) groups excluding carboxylic acids is 1. The van der Waals surface area contributed by atoms with Crippen LogP contribution in [0.1, 0.15) is 46.0 Å². The molecule has 0 aromatic carbocycles. The summed E-state index contributed by atoms with van der Waals surface area (Å²) >= 11 is 0. The highest BCUT2D eigenvalue weighted by molar-refractivity contribution is 5.76. The molecule has 0 saturated heterocycles. The highest BCUT2D eigenvalue weighted by Gasteiger charge is 2.08. The SMILES string of the molecule is CCCCC(=O)NC(CC)CC#N. The van der Waals surface area contributed by atoms with Crippen molar-refractivity contribution in [2.45, 2.75) is 52.0 Å². The molecule has 0 radical (unpaired) electrons. The van der Waals surface area contributed by atoms with Gasteiger partial charge >= 0.3 is 0 Å². The predicted octanol–water partition coefficient (Wildman–Crippen LogP) is 1.99. The second-order valence-electron chi connectivity index (χ2n) is 3.14. The zero-order valence-corrected chi connectivity index (χ0v) is 8.47. The van der Waals surface area contributed by atoms with Crippen LogP contribution in [0.4, 0.5) is 0 Å².